The number of benzene rings is 1. The number of hydrogen-bond donors (Lipinski definition) is 3. The number of alkyl carbamates (subject to hydrolysis) is 1. The smallest absolute Gasteiger partial charge is 0.408 e. The third-order valence-electron chi connectivity index (χ3n) is 12.6. The van der Waals surface area contributed by atoms with Crippen LogP contribution in [0.1, 0.15) is 96.6 Å². The number of ether oxygens (including phenoxy) is 4. The molecule has 2 saturated heterocycles. The first-order valence-corrected chi connectivity index (χ1v) is 22.0. The Morgan fingerprint density at radius 1 is 1.00 bits per heavy atom. The quantitative estimate of drug-likeness (QED) is 0.129. The van der Waals surface area contributed by atoms with Crippen LogP contribution in [0.5, 0.6) is 11.5 Å². The van der Waals surface area contributed by atoms with Gasteiger partial charge in [0.2, 0.25) is 11.8 Å². The number of rotatable bonds is 20. The fourth-order valence-corrected chi connectivity index (χ4v) is 9.45. The molecule has 4 N–H and O–H groups in total. The second-order valence-corrected chi connectivity index (χ2v) is 17.8. The monoisotopic (exact) mass is 837 g/mol. The molecular weight excluding hydrogens is 778 g/mol. The molecule has 0 radical (unpaired) electrons. The Balaban J connectivity index is 1.02. The van der Waals surface area contributed by atoms with Gasteiger partial charge in [0.05, 0.1) is 36.9 Å². The largest absolute Gasteiger partial charge is 0.491 e. The maximum atomic E-state index is 14.4. The van der Waals surface area contributed by atoms with Crippen molar-refractivity contribution >= 4 is 52.5 Å². The number of nitrogens with two attached hydrogens (primary N) is 1. The molecule has 0 spiro atoms. The van der Waals surface area contributed by atoms with E-state index < -0.39 is 42.1 Å². The number of carbonyl (C=O) groups excluding carboxylic acids is 3. The van der Waals surface area contributed by atoms with Crippen LogP contribution in [-0.2, 0) is 23.9 Å². The molecule has 1 aromatic carbocycles. The van der Waals surface area contributed by atoms with E-state index in [1.54, 1.807) is 0 Å². The number of nitrogens with zero attached hydrogens (tertiary/aromatic N) is 3. The predicted molar refractivity (Wildman–Crippen MR) is 222 cm³/mol. The standard InChI is InChI=1S/C44H60ClN5O9/c1-26(2)18-30-23-38(33-10-11-37(39(45)40(33)47-30)57-17-14-49-12-15-56-16-13-49)58-32-24-36(41(46)51)50(25-32)42(52)35(48-44(55)59-31-20-28-19-29(28)21-31)9-7-5-3-4-6-8-27-22-34(27)43(53)54/h10-11,18,23,27-29,31-32,34-36H,3-9,12-17,19-22,24-25H2,1-2H3,(H2,46,51)(H,48,55)(H,53,54)/t27-,28-,29+,31?,32?,34+,35+,36+/m1/s1. The number of allylic oxidation sites excluding steroid dienone is 1. The molecule has 2 unspecified atom stereocenters. The molecular formula is C44H60ClN5O9. The molecule has 322 valence electrons. The van der Waals surface area contributed by atoms with E-state index in [9.17, 15) is 24.3 Å². The van der Waals surface area contributed by atoms with Gasteiger partial charge in [0, 0.05) is 37.5 Å². The molecule has 3 aliphatic carbocycles. The van der Waals surface area contributed by atoms with Crippen molar-refractivity contribution in [2.45, 2.75) is 115 Å². The average Bonchev–Trinajstić information content (AvgIpc) is 4.06. The number of unbranched alkanes of at least 4 members (excludes halogenated alkanes) is 4. The lowest BCUT2D eigenvalue weighted by Crippen LogP contribution is -2.53. The number of likely N-dealkylation sites (tertiary alicyclic amines) is 1. The zero-order valence-electron chi connectivity index (χ0n) is 34.4. The summed E-state index contributed by atoms with van der Waals surface area (Å²) in [6.07, 6.45) is 10.1. The molecule has 3 heterocycles. The second-order valence-electron chi connectivity index (χ2n) is 17.5. The van der Waals surface area contributed by atoms with Gasteiger partial charge in [-0.2, -0.15) is 0 Å². The van der Waals surface area contributed by atoms with Crippen molar-refractivity contribution in [2.24, 2.45) is 29.4 Å². The minimum atomic E-state index is -0.938. The number of primary amides is 1. The molecule has 1 aromatic heterocycles. The molecule has 7 rings (SSSR count). The van der Waals surface area contributed by atoms with Crippen molar-refractivity contribution in [1.29, 1.82) is 0 Å². The number of halogens is 1. The van der Waals surface area contributed by atoms with Gasteiger partial charge in [-0.05, 0) is 88.3 Å². The molecule has 14 nitrogen and oxygen atoms in total. The third-order valence-corrected chi connectivity index (χ3v) is 13.0. The van der Waals surface area contributed by atoms with Crippen LogP contribution in [0.2, 0.25) is 5.02 Å². The van der Waals surface area contributed by atoms with Crippen molar-refractivity contribution < 1.29 is 43.2 Å². The highest BCUT2D eigenvalue weighted by molar-refractivity contribution is 6.36. The molecule has 8 atom stereocenters. The molecule has 5 fully saturated rings. The first-order valence-electron chi connectivity index (χ1n) is 21.6. The average molecular weight is 838 g/mol. The number of hydrogen-bond acceptors (Lipinski definition) is 10. The van der Waals surface area contributed by atoms with Crippen LogP contribution < -0.4 is 20.5 Å². The number of nitrogens with one attached hydrogen (secondary N) is 1. The van der Waals surface area contributed by atoms with Crippen LogP contribution in [0.4, 0.5) is 4.79 Å². The van der Waals surface area contributed by atoms with Gasteiger partial charge in [-0.1, -0.05) is 49.3 Å². The van der Waals surface area contributed by atoms with Crippen molar-refractivity contribution in [1.82, 2.24) is 20.1 Å². The lowest BCUT2D eigenvalue weighted by molar-refractivity contribution is -0.139. The summed E-state index contributed by atoms with van der Waals surface area (Å²) in [5.74, 6) is 0.635. The molecule has 0 bridgehead atoms. The number of fused-ring (bicyclic) bond motifs is 2. The Hall–Kier alpha value is -4.14. The lowest BCUT2D eigenvalue weighted by atomic mass is 10.0. The van der Waals surface area contributed by atoms with E-state index in [4.69, 9.17) is 41.3 Å². The van der Waals surface area contributed by atoms with E-state index in [0.29, 0.717) is 83.5 Å². The number of aromatic nitrogens is 1. The molecule has 3 saturated carbocycles. The van der Waals surface area contributed by atoms with Crippen LogP contribution in [0, 0.1) is 23.7 Å². The Kier molecular flexibility index (Phi) is 14.2. The lowest BCUT2D eigenvalue weighted by Gasteiger charge is -2.28. The topological polar surface area (TPSA) is 183 Å². The summed E-state index contributed by atoms with van der Waals surface area (Å²) in [6, 6.07) is 3.65. The maximum absolute atomic E-state index is 14.4. The minimum Gasteiger partial charge on any atom is -0.491 e. The zero-order valence-corrected chi connectivity index (χ0v) is 35.1. The number of pyridine rings is 1. The SMILES string of the molecule is CC(C)=Cc1cc(OC2C[C@@H](C(N)=O)N(C(=O)[C@H](CCCCCCC[C@@H]3C[C@@H]3C(=O)O)NC(=O)OC3C[C@@H]4C[C@@H]4C3)C2)c2ccc(OCCN3CCOCC3)c(Cl)c2n1. The molecule has 5 aliphatic rings. The highest BCUT2D eigenvalue weighted by Crippen LogP contribution is 2.52. The summed E-state index contributed by atoms with van der Waals surface area (Å²) < 4.78 is 24.0. The number of carboxylic acid groups (broad SMARTS) is 1. The highest BCUT2D eigenvalue weighted by Gasteiger charge is 2.48. The Morgan fingerprint density at radius 2 is 1.75 bits per heavy atom. The maximum Gasteiger partial charge on any atom is 0.408 e. The second kappa shape index (κ2) is 19.5. The van der Waals surface area contributed by atoms with E-state index in [2.05, 4.69) is 10.2 Å². The summed E-state index contributed by atoms with van der Waals surface area (Å²) in [4.78, 5) is 60.2. The number of morpholine rings is 1. The minimum absolute atomic E-state index is 0.0857. The fourth-order valence-electron chi connectivity index (χ4n) is 9.19. The van der Waals surface area contributed by atoms with Crippen molar-refractivity contribution in [3.8, 4) is 11.5 Å². The molecule has 2 aromatic rings. The summed E-state index contributed by atoms with van der Waals surface area (Å²) in [5.41, 5.74) is 8.10. The number of carboxylic acids is 1. The van der Waals surface area contributed by atoms with Crippen molar-refractivity contribution in [2.75, 3.05) is 46.0 Å². The Labute approximate surface area is 351 Å². The van der Waals surface area contributed by atoms with Gasteiger partial charge in [-0.15, -0.1) is 0 Å². The van der Waals surface area contributed by atoms with E-state index in [1.165, 1.54) is 11.3 Å². The molecule has 59 heavy (non-hydrogen) atoms. The summed E-state index contributed by atoms with van der Waals surface area (Å²) >= 11 is 6.96. The van der Waals surface area contributed by atoms with Gasteiger partial charge in [0.15, 0.2) is 0 Å². The van der Waals surface area contributed by atoms with E-state index >= 15 is 0 Å². The predicted octanol–water partition coefficient (Wildman–Crippen LogP) is 6.20. The van der Waals surface area contributed by atoms with Gasteiger partial charge in [0.25, 0.3) is 0 Å². The van der Waals surface area contributed by atoms with Crippen LogP contribution in [0.15, 0.2) is 23.8 Å². The van der Waals surface area contributed by atoms with Crippen LogP contribution in [0.25, 0.3) is 17.0 Å². The molecule has 15 heteroatoms. The van der Waals surface area contributed by atoms with E-state index in [-0.39, 0.29) is 25.0 Å². The van der Waals surface area contributed by atoms with Crippen LogP contribution >= 0.6 is 11.6 Å². The number of aliphatic carboxylic acids is 1. The van der Waals surface area contributed by atoms with Crippen molar-refractivity contribution in [3.63, 3.8) is 0 Å². The first-order chi connectivity index (χ1) is 28.4. The van der Waals surface area contributed by atoms with Gasteiger partial charge in [-0.3, -0.25) is 19.3 Å². The summed E-state index contributed by atoms with van der Waals surface area (Å²) in [7, 11) is 0. The zero-order chi connectivity index (χ0) is 41.6. The number of amides is 3. The Morgan fingerprint density at radius 3 is 2.46 bits per heavy atom. The van der Waals surface area contributed by atoms with Gasteiger partial charge < -0.3 is 40.0 Å². The normalized spacial score (nSPS) is 26.5. The van der Waals surface area contributed by atoms with E-state index in [0.717, 1.165) is 76.6 Å². The van der Waals surface area contributed by atoms with Gasteiger partial charge in [0.1, 0.15) is 47.4 Å². The fraction of sp³-hybridized carbons (Fsp3) is 0.659. The summed E-state index contributed by atoms with van der Waals surface area (Å²) in [6.45, 7) is 8.35. The Bertz CT molecular complexity index is 1870. The van der Waals surface area contributed by atoms with Crippen LogP contribution in [0.3, 0.4) is 0 Å². The van der Waals surface area contributed by atoms with Crippen molar-refractivity contribution in [3.05, 3.63) is 34.5 Å². The van der Waals surface area contributed by atoms with Gasteiger partial charge in [-0.25, -0.2) is 9.78 Å². The van der Waals surface area contributed by atoms with E-state index in [1.807, 2.05) is 38.1 Å². The third kappa shape index (κ3) is 11.4. The molecule has 3 amide bonds. The van der Waals surface area contributed by atoms with Crippen LogP contribution in [-0.4, -0.2) is 114 Å². The number of carbonyl (C=O) groups is 4. The van der Waals surface area contributed by atoms with Gasteiger partial charge >= 0.3 is 12.1 Å². The first kappa shape index (κ1) is 43.0. The highest BCUT2D eigenvalue weighted by atomic mass is 35.5. The summed E-state index contributed by atoms with van der Waals surface area (Å²) in [5, 5.41) is 13.1. The molecule has 2 aliphatic heterocycles.